The van der Waals surface area contributed by atoms with Gasteiger partial charge < -0.3 is 15.5 Å². The number of rotatable bonds is 5. The molecule has 2 amide bonds. The molecule has 1 rings (SSSR count). The average Bonchev–Trinajstić information content (AvgIpc) is 2.31. The number of hydrogen-bond acceptors (Lipinski definition) is 5. The fourth-order valence-corrected chi connectivity index (χ4v) is 1.45. The number of nitrogens with zero attached hydrogens (tertiary/aromatic N) is 2. The first-order valence-corrected chi connectivity index (χ1v) is 5.40. The van der Waals surface area contributed by atoms with Gasteiger partial charge in [0, 0.05) is 19.9 Å². The Bertz CT molecular complexity index is 458. The predicted molar refractivity (Wildman–Crippen MR) is 61.3 cm³/mol. The Morgan fingerprint density at radius 1 is 1.37 bits per heavy atom. The van der Waals surface area contributed by atoms with Gasteiger partial charge in [0.25, 0.3) is 5.91 Å². The number of carboxylic acid groups (broad SMARTS) is 2. The number of carbonyl (C=O) groups is 4. The molecule has 3 N–H and O–H groups in total. The molecule has 0 unspecified atom stereocenters. The van der Waals surface area contributed by atoms with Gasteiger partial charge in [-0.2, -0.15) is 5.10 Å². The van der Waals surface area contributed by atoms with Crippen LogP contribution >= 0.6 is 0 Å². The summed E-state index contributed by atoms with van der Waals surface area (Å²) in [6, 6.07) is -1.53. The topological polar surface area (TPSA) is 136 Å². The zero-order chi connectivity index (χ0) is 14.6. The quantitative estimate of drug-likeness (QED) is 0.564. The second-order valence-corrected chi connectivity index (χ2v) is 3.93. The van der Waals surface area contributed by atoms with Crippen molar-refractivity contribution >= 4 is 29.5 Å². The second kappa shape index (κ2) is 5.94. The number of hydrazone groups is 1. The van der Waals surface area contributed by atoms with Gasteiger partial charge in [0.15, 0.2) is 0 Å². The first-order chi connectivity index (χ1) is 8.81. The van der Waals surface area contributed by atoms with Crippen LogP contribution in [0.3, 0.4) is 0 Å². The van der Waals surface area contributed by atoms with Crippen LogP contribution in [0.4, 0.5) is 0 Å². The Morgan fingerprint density at radius 2 is 2.00 bits per heavy atom. The molecule has 0 bridgehead atoms. The molecule has 0 fully saturated rings. The summed E-state index contributed by atoms with van der Waals surface area (Å²) >= 11 is 0. The highest BCUT2D eigenvalue weighted by Gasteiger charge is 2.27. The van der Waals surface area contributed by atoms with Gasteiger partial charge in [0.05, 0.1) is 6.42 Å². The number of carbonyl (C=O) groups excluding carboxylic acids is 2. The molecule has 0 spiro atoms. The number of nitrogens with one attached hydrogen (secondary N) is 1. The van der Waals surface area contributed by atoms with E-state index >= 15 is 0 Å². The zero-order valence-electron chi connectivity index (χ0n) is 10.1. The summed E-state index contributed by atoms with van der Waals surface area (Å²) in [4.78, 5) is 44.1. The number of aliphatic carboxylic acids is 2. The third kappa shape index (κ3) is 4.05. The van der Waals surface area contributed by atoms with Crippen molar-refractivity contribution in [2.45, 2.75) is 25.3 Å². The highest BCUT2D eigenvalue weighted by atomic mass is 16.4. The van der Waals surface area contributed by atoms with Crippen molar-refractivity contribution in [3.05, 3.63) is 0 Å². The molecule has 0 aromatic heterocycles. The number of carboxylic acids is 2. The van der Waals surface area contributed by atoms with Crippen LogP contribution in [-0.2, 0) is 19.2 Å². The van der Waals surface area contributed by atoms with Gasteiger partial charge >= 0.3 is 11.9 Å². The third-order valence-electron chi connectivity index (χ3n) is 2.45. The standard InChI is InChI=1S/C10H13N3O6/c1-13-7(14)3-2-5(12-13)9(17)11-6(10(18)19)4-8(15)16/h6H,2-4H2,1H3,(H,11,17)(H,15,16)(H,18,19)/t6-/m0/s1. The largest absolute Gasteiger partial charge is 0.481 e. The monoisotopic (exact) mass is 271 g/mol. The van der Waals surface area contributed by atoms with Gasteiger partial charge in [-0.1, -0.05) is 0 Å². The molecule has 0 radical (unpaired) electrons. The minimum atomic E-state index is -1.53. The van der Waals surface area contributed by atoms with Crippen molar-refractivity contribution in [3.63, 3.8) is 0 Å². The lowest BCUT2D eigenvalue weighted by atomic mass is 10.1. The van der Waals surface area contributed by atoms with Crippen LogP contribution in [0.15, 0.2) is 5.10 Å². The molecule has 9 heteroatoms. The lowest BCUT2D eigenvalue weighted by molar-refractivity contribution is -0.146. The van der Waals surface area contributed by atoms with Crippen LogP contribution < -0.4 is 5.32 Å². The molecule has 1 atom stereocenters. The van der Waals surface area contributed by atoms with Crippen molar-refractivity contribution in [2.24, 2.45) is 5.10 Å². The molecule has 0 saturated carbocycles. The van der Waals surface area contributed by atoms with Crippen LogP contribution in [-0.4, -0.2) is 57.8 Å². The van der Waals surface area contributed by atoms with Crippen molar-refractivity contribution in [1.29, 1.82) is 0 Å². The maximum Gasteiger partial charge on any atom is 0.326 e. The van der Waals surface area contributed by atoms with Crippen LogP contribution in [0.5, 0.6) is 0 Å². The molecule has 104 valence electrons. The molecule has 1 heterocycles. The van der Waals surface area contributed by atoms with Crippen molar-refractivity contribution in [3.8, 4) is 0 Å². The van der Waals surface area contributed by atoms with Gasteiger partial charge in [0.1, 0.15) is 11.8 Å². The van der Waals surface area contributed by atoms with E-state index in [0.29, 0.717) is 0 Å². The van der Waals surface area contributed by atoms with Crippen molar-refractivity contribution in [1.82, 2.24) is 10.3 Å². The first kappa shape index (κ1) is 14.6. The molecular weight excluding hydrogens is 258 g/mol. The van der Waals surface area contributed by atoms with Gasteiger partial charge in [-0.05, 0) is 0 Å². The van der Waals surface area contributed by atoms with E-state index in [4.69, 9.17) is 10.2 Å². The van der Waals surface area contributed by atoms with E-state index in [2.05, 4.69) is 10.4 Å². The smallest absolute Gasteiger partial charge is 0.326 e. The fraction of sp³-hybridized carbons (Fsp3) is 0.500. The molecule has 1 aliphatic rings. The minimum absolute atomic E-state index is 0.00117. The lowest BCUT2D eigenvalue weighted by Crippen LogP contribution is -2.46. The highest BCUT2D eigenvalue weighted by molar-refractivity contribution is 6.39. The normalized spacial score (nSPS) is 16.6. The maximum absolute atomic E-state index is 11.7. The summed E-state index contributed by atoms with van der Waals surface area (Å²) in [7, 11) is 1.38. The SMILES string of the molecule is CN1N=C(C(=O)N[C@@H](CC(=O)O)C(=O)O)CCC1=O. The molecule has 1 aliphatic heterocycles. The minimum Gasteiger partial charge on any atom is -0.481 e. The van der Waals surface area contributed by atoms with E-state index in [0.717, 1.165) is 5.01 Å². The molecule has 9 nitrogen and oxygen atoms in total. The molecular formula is C10H13N3O6. The Hall–Kier alpha value is -2.45. The summed E-state index contributed by atoms with van der Waals surface area (Å²) in [5, 5.41) is 24.1. The van der Waals surface area contributed by atoms with E-state index in [1.54, 1.807) is 0 Å². The van der Waals surface area contributed by atoms with Gasteiger partial charge in [-0.15, -0.1) is 0 Å². The van der Waals surface area contributed by atoms with Gasteiger partial charge in [-0.3, -0.25) is 14.4 Å². The van der Waals surface area contributed by atoms with Gasteiger partial charge in [0.2, 0.25) is 5.91 Å². The summed E-state index contributed by atoms with van der Waals surface area (Å²) in [6.07, 6.45) is -0.545. The van der Waals surface area contributed by atoms with Crippen molar-refractivity contribution in [2.75, 3.05) is 7.05 Å². The summed E-state index contributed by atoms with van der Waals surface area (Å²) in [5.74, 6) is -3.83. The fourth-order valence-electron chi connectivity index (χ4n) is 1.45. The summed E-state index contributed by atoms with van der Waals surface area (Å²) in [5.41, 5.74) is -0.00117. The van der Waals surface area contributed by atoms with E-state index in [1.165, 1.54) is 7.05 Å². The van der Waals surface area contributed by atoms with E-state index in [1.807, 2.05) is 0 Å². The van der Waals surface area contributed by atoms with E-state index in [-0.39, 0.29) is 24.5 Å². The van der Waals surface area contributed by atoms with Crippen LogP contribution in [0, 0.1) is 0 Å². The lowest BCUT2D eigenvalue weighted by Gasteiger charge is -2.20. The Labute approximate surface area is 107 Å². The maximum atomic E-state index is 11.7. The third-order valence-corrected chi connectivity index (χ3v) is 2.45. The summed E-state index contributed by atoms with van der Waals surface area (Å²) < 4.78 is 0. The van der Waals surface area contributed by atoms with E-state index < -0.39 is 30.3 Å². The molecule has 19 heavy (non-hydrogen) atoms. The number of hydrogen-bond donors (Lipinski definition) is 3. The van der Waals surface area contributed by atoms with Crippen LogP contribution in [0.2, 0.25) is 0 Å². The van der Waals surface area contributed by atoms with E-state index in [9.17, 15) is 19.2 Å². The highest BCUT2D eigenvalue weighted by Crippen LogP contribution is 2.07. The van der Waals surface area contributed by atoms with Crippen LogP contribution in [0.1, 0.15) is 19.3 Å². The van der Waals surface area contributed by atoms with Gasteiger partial charge in [-0.25, -0.2) is 9.80 Å². The molecule has 0 aliphatic carbocycles. The zero-order valence-corrected chi connectivity index (χ0v) is 10.1. The second-order valence-electron chi connectivity index (χ2n) is 3.93. The Morgan fingerprint density at radius 3 is 2.47 bits per heavy atom. The van der Waals surface area contributed by atoms with Crippen LogP contribution in [0.25, 0.3) is 0 Å². The Balaban J connectivity index is 2.72. The number of amides is 2. The molecule has 0 saturated heterocycles. The molecule has 0 aromatic rings. The Kier molecular flexibility index (Phi) is 4.56. The van der Waals surface area contributed by atoms with Crippen molar-refractivity contribution < 1.29 is 29.4 Å². The summed E-state index contributed by atoms with van der Waals surface area (Å²) in [6.45, 7) is 0. The first-order valence-electron chi connectivity index (χ1n) is 5.40. The predicted octanol–water partition coefficient (Wildman–Crippen LogP) is -1.36. The molecule has 0 aromatic carbocycles. The average molecular weight is 271 g/mol.